The molecular formula is C15H17F2NO. The monoisotopic (exact) mass is 265 g/mol. The van der Waals surface area contributed by atoms with Crippen LogP contribution in [0.5, 0.6) is 0 Å². The van der Waals surface area contributed by atoms with Crippen LogP contribution in [0.4, 0.5) is 8.78 Å². The fourth-order valence-corrected chi connectivity index (χ4v) is 2.13. The summed E-state index contributed by atoms with van der Waals surface area (Å²) in [5.41, 5.74) is 0.450. The van der Waals surface area contributed by atoms with Crippen molar-refractivity contribution in [3.63, 3.8) is 0 Å². The van der Waals surface area contributed by atoms with E-state index >= 15 is 0 Å². The third-order valence-electron chi connectivity index (χ3n) is 3.18. The Kier molecular flexibility index (Phi) is 4.32. The zero-order chi connectivity index (χ0) is 13.8. The molecule has 0 bridgehead atoms. The number of nitrogens with one attached hydrogen (secondary N) is 1. The smallest absolute Gasteiger partial charge is 0.130 e. The molecule has 1 N–H and O–H groups in total. The Bertz CT molecular complexity index is 525. The summed E-state index contributed by atoms with van der Waals surface area (Å²) >= 11 is 0. The molecule has 0 spiro atoms. The number of hydrogen-bond acceptors (Lipinski definition) is 2. The molecule has 2 rings (SSSR count). The van der Waals surface area contributed by atoms with Crippen LogP contribution in [0.2, 0.25) is 0 Å². The van der Waals surface area contributed by atoms with Gasteiger partial charge in [0.1, 0.15) is 17.4 Å². The fourth-order valence-electron chi connectivity index (χ4n) is 2.13. The third-order valence-corrected chi connectivity index (χ3v) is 3.18. The zero-order valence-electron chi connectivity index (χ0n) is 11.0. The molecule has 0 amide bonds. The van der Waals surface area contributed by atoms with Gasteiger partial charge in [-0.25, -0.2) is 8.78 Å². The predicted molar refractivity (Wildman–Crippen MR) is 69.6 cm³/mol. The molecule has 1 heterocycles. The van der Waals surface area contributed by atoms with E-state index in [1.165, 1.54) is 12.1 Å². The standard InChI is InChI=1S/C15H17F2NO/c1-3-14(15-5-4-8-19-15)18-10(2)12-7-6-11(16)9-13(12)17/h4-10,14,18H,3H2,1-2H3. The maximum atomic E-state index is 13.7. The number of halogens is 2. The van der Waals surface area contributed by atoms with Gasteiger partial charge >= 0.3 is 0 Å². The summed E-state index contributed by atoms with van der Waals surface area (Å²) in [5, 5.41) is 3.29. The summed E-state index contributed by atoms with van der Waals surface area (Å²) in [5.74, 6) is -0.280. The van der Waals surface area contributed by atoms with Gasteiger partial charge in [-0.1, -0.05) is 13.0 Å². The van der Waals surface area contributed by atoms with E-state index in [2.05, 4.69) is 5.32 Å². The van der Waals surface area contributed by atoms with Crippen molar-refractivity contribution in [2.45, 2.75) is 32.4 Å². The van der Waals surface area contributed by atoms with E-state index in [4.69, 9.17) is 4.42 Å². The van der Waals surface area contributed by atoms with Crippen molar-refractivity contribution in [1.29, 1.82) is 0 Å². The van der Waals surface area contributed by atoms with E-state index in [1.54, 1.807) is 6.26 Å². The first-order chi connectivity index (χ1) is 9.11. The van der Waals surface area contributed by atoms with E-state index < -0.39 is 11.6 Å². The lowest BCUT2D eigenvalue weighted by Crippen LogP contribution is -2.24. The largest absolute Gasteiger partial charge is 0.468 e. The molecule has 2 unspecified atom stereocenters. The second-order valence-electron chi connectivity index (χ2n) is 4.53. The molecule has 1 aromatic carbocycles. The SMILES string of the molecule is CCC(NC(C)c1ccc(F)cc1F)c1ccco1. The molecular weight excluding hydrogens is 248 g/mol. The highest BCUT2D eigenvalue weighted by atomic mass is 19.1. The van der Waals surface area contributed by atoms with Gasteiger partial charge in [-0.15, -0.1) is 0 Å². The number of benzene rings is 1. The Morgan fingerprint density at radius 2 is 2.05 bits per heavy atom. The molecule has 0 aliphatic heterocycles. The number of rotatable bonds is 5. The number of hydrogen-bond donors (Lipinski definition) is 1. The van der Waals surface area contributed by atoms with Crippen LogP contribution in [0.15, 0.2) is 41.0 Å². The maximum Gasteiger partial charge on any atom is 0.130 e. The first-order valence-electron chi connectivity index (χ1n) is 6.36. The first-order valence-corrected chi connectivity index (χ1v) is 6.36. The molecule has 2 aromatic rings. The molecule has 2 atom stereocenters. The predicted octanol–water partition coefficient (Wildman–Crippen LogP) is 4.36. The lowest BCUT2D eigenvalue weighted by Gasteiger charge is -2.21. The Labute approximate surface area is 111 Å². The van der Waals surface area contributed by atoms with Gasteiger partial charge in [-0.05, 0) is 31.5 Å². The van der Waals surface area contributed by atoms with Crippen molar-refractivity contribution < 1.29 is 13.2 Å². The van der Waals surface area contributed by atoms with Gasteiger partial charge in [-0.3, -0.25) is 0 Å². The van der Waals surface area contributed by atoms with Crippen molar-refractivity contribution in [3.8, 4) is 0 Å². The van der Waals surface area contributed by atoms with Crippen LogP contribution < -0.4 is 5.32 Å². The molecule has 1 aromatic heterocycles. The van der Waals surface area contributed by atoms with E-state index in [0.29, 0.717) is 5.56 Å². The first kappa shape index (κ1) is 13.7. The van der Waals surface area contributed by atoms with Gasteiger partial charge in [0, 0.05) is 17.7 Å². The lowest BCUT2D eigenvalue weighted by atomic mass is 10.0. The summed E-state index contributed by atoms with van der Waals surface area (Å²) in [6.45, 7) is 3.87. The topological polar surface area (TPSA) is 25.2 Å². The quantitative estimate of drug-likeness (QED) is 0.869. The Morgan fingerprint density at radius 3 is 2.63 bits per heavy atom. The molecule has 0 aliphatic carbocycles. The van der Waals surface area contributed by atoms with Crippen molar-refractivity contribution in [2.75, 3.05) is 0 Å². The minimum atomic E-state index is -0.563. The molecule has 102 valence electrons. The second kappa shape index (κ2) is 5.97. The van der Waals surface area contributed by atoms with Crippen molar-refractivity contribution in [3.05, 3.63) is 59.6 Å². The summed E-state index contributed by atoms with van der Waals surface area (Å²) in [7, 11) is 0. The highest BCUT2D eigenvalue weighted by Gasteiger charge is 2.18. The van der Waals surface area contributed by atoms with E-state index in [1.807, 2.05) is 26.0 Å². The molecule has 19 heavy (non-hydrogen) atoms. The average Bonchev–Trinajstić information content (AvgIpc) is 2.89. The van der Waals surface area contributed by atoms with Gasteiger partial charge in [0.05, 0.1) is 12.3 Å². The summed E-state index contributed by atoms with van der Waals surface area (Å²) in [4.78, 5) is 0. The molecule has 0 radical (unpaired) electrons. The van der Waals surface area contributed by atoms with Crippen LogP contribution in [-0.4, -0.2) is 0 Å². The lowest BCUT2D eigenvalue weighted by molar-refractivity contribution is 0.371. The van der Waals surface area contributed by atoms with E-state index in [-0.39, 0.29) is 12.1 Å². The maximum absolute atomic E-state index is 13.7. The second-order valence-corrected chi connectivity index (χ2v) is 4.53. The van der Waals surface area contributed by atoms with Crippen molar-refractivity contribution in [1.82, 2.24) is 5.32 Å². The third kappa shape index (κ3) is 3.20. The highest BCUT2D eigenvalue weighted by molar-refractivity contribution is 5.22. The molecule has 2 nitrogen and oxygen atoms in total. The number of furan rings is 1. The van der Waals surface area contributed by atoms with Crippen LogP contribution >= 0.6 is 0 Å². The van der Waals surface area contributed by atoms with Crippen LogP contribution in [0, 0.1) is 11.6 Å². The highest BCUT2D eigenvalue weighted by Crippen LogP contribution is 2.24. The fraction of sp³-hybridized carbons (Fsp3) is 0.333. The minimum Gasteiger partial charge on any atom is -0.468 e. The summed E-state index contributed by atoms with van der Waals surface area (Å²) in [6, 6.07) is 7.13. The minimum absolute atomic E-state index is 0.00875. The average molecular weight is 265 g/mol. The van der Waals surface area contributed by atoms with Crippen molar-refractivity contribution in [2.24, 2.45) is 0 Å². The zero-order valence-corrected chi connectivity index (χ0v) is 11.0. The van der Waals surface area contributed by atoms with Gasteiger partial charge in [-0.2, -0.15) is 0 Å². The van der Waals surface area contributed by atoms with Crippen LogP contribution in [0.25, 0.3) is 0 Å². The molecule has 0 aliphatic rings. The Morgan fingerprint density at radius 1 is 1.26 bits per heavy atom. The van der Waals surface area contributed by atoms with Gasteiger partial charge < -0.3 is 9.73 Å². The molecule has 0 saturated carbocycles. The Hall–Kier alpha value is -1.68. The molecule has 0 saturated heterocycles. The van der Waals surface area contributed by atoms with Gasteiger partial charge in [0.15, 0.2) is 0 Å². The van der Waals surface area contributed by atoms with Crippen molar-refractivity contribution >= 4 is 0 Å². The molecule has 4 heteroatoms. The van der Waals surface area contributed by atoms with E-state index in [0.717, 1.165) is 18.2 Å². The molecule has 0 fully saturated rings. The normalized spacial score (nSPS) is 14.3. The van der Waals surface area contributed by atoms with Gasteiger partial charge in [0.25, 0.3) is 0 Å². The van der Waals surface area contributed by atoms with Crippen LogP contribution in [0.1, 0.15) is 43.7 Å². The van der Waals surface area contributed by atoms with Crippen LogP contribution in [-0.2, 0) is 0 Å². The van der Waals surface area contributed by atoms with E-state index in [9.17, 15) is 8.78 Å². The summed E-state index contributed by atoms with van der Waals surface area (Å²) < 4.78 is 31.9. The van der Waals surface area contributed by atoms with Crippen LogP contribution in [0.3, 0.4) is 0 Å². The Balaban J connectivity index is 2.13. The van der Waals surface area contributed by atoms with Gasteiger partial charge in [0.2, 0.25) is 0 Å². The summed E-state index contributed by atoms with van der Waals surface area (Å²) in [6.07, 6.45) is 2.43.